The molecule has 3 aromatic rings. The van der Waals surface area contributed by atoms with Crippen molar-refractivity contribution >= 4 is 34.9 Å². The van der Waals surface area contributed by atoms with Crippen LogP contribution in [0.1, 0.15) is 28.5 Å². The van der Waals surface area contributed by atoms with Gasteiger partial charge < -0.3 is 10.1 Å². The molecule has 6 heteroatoms. The van der Waals surface area contributed by atoms with Gasteiger partial charge in [-0.25, -0.2) is 0 Å². The molecule has 0 saturated carbocycles. The number of hydrogen-bond acceptors (Lipinski definition) is 4. The van der Waals surface area contributed by atoms with E-state index in [0.29, 0.717) is 5.56 Å². The first-order chi connectivity index (χ1) is 12.1. The Bertz CT molecular complexity index is 926. The highest BCUT2D eigenvalue weighted by molar-refractivity contribution is 5.94. The lowest BCUT2D eigenvalue weighted by Gasteiger charge is -2.05. The fraction of sp³-hybridized carbons (Fsp3) is 0.105. The lowest BCUT2D eigenvalue weighted by atomic mass is 10.1. The van der Waals surface area contributed by atoms with Crippen LogP contribution in [0.5, 0.6) is 0 Å². The van der Waals surface area contributed by atoms with Gasteiger partial charge in [0.1, 0.15) is 0 Å². The van der Waals surface area contributed by atoms with E-state index in [-0.39, 0.29) is 12.6 Å². The van der Waals surface area contributed by atoms with Gasteiger partial charge in [0.15, 0.2) is 6.73 Å². The molecule has 0 unspecified atom stereocenters. The summed E-state index contributed by atoms with van der Waals surface area (Å²) in [5.74, 6) is -0.734. The molecule has 1 aromatic heterocycles. The van der Waals surface area contributed by atoms with Crippen LogP contribution < -0.4 is 5.32 Å². The molecule has 126 valence electrons. The van der Waals surface area contributed by atoms with Crippen molar-refractivity contribution in [3.05, 3.63) is 65.4 Å². The number of carbonyl (C=O) groups excluding carboxylic acids is 2. The minimum absolute atomic E-state index is 0.137. The molecule has 0 fully saturated rings. The van der Waals surface area contributed by atoms with Gasteiger partial charge in [-0.3, -0.25) is 14.7 Å². The fourth-order valence-electron chi connectivity index (χ4n) is 2.34. The van der Waals surface area contributed by atoms with E-state index in [1.807, 2.05) is 48.6 Å². The first-order valence-electron chi connectivity index (χ1n) is 7.76. The van der Waals surface area contributed by atoms with E-state index >= 15 is 0 Å². The second-order valence-electron chi connectivity index (χ2n) is 5.40. The maximum atomic E-state index is 11.9. The largest absolute Gasteiger partial charge is 0.445 e. The number of rotatable bonds is 5. The average molecular weight is 335 g/mol. The SMILES string of the molecule is CC(=O)OCNC(=O)c1ccc(/C=C/c2n[nH]c3ccccc23)cc1. The Balaban J connectivity index is 1.66. The normalized spacial score (nSPS) is 10.9. The van der Waals surface area contributed by atoms with Crippen LogP contribution in [0, 0.1) is 0 Å². The Morgan fingerprint density at radius 1 is 1.12 bits per heavy atom. The minimum atomic E-state index is -0.438. The molecule has 0 saturated heterocycles. The highest BCUT2D eigenvalue weighted by atomic mass is 16.5. The molecule has 0 aliphatic carbocycles. The number of hydrogen-bond donors (Lipinski definition) is 2. The zero-order chi connectivity index (χ0) is 17.6. The number of amides is 1. The Labute approximate surface area is 144 Å². The zero-order valence-electron chi connectivity index (χ0n) is 13.7. The van der Waals surface area contributed by atoms with E-state index in [9.17, 15) is 9.59 Å². The molecule has 0 aliphatic heterocycles. The number of carbonyl (C=O) groups is 2. The quantitative estimate of drug-likeness (QED) is 0.554. The number of nitrogens with zero attached hydrogens (tertiary/aromatic N) is 1. The standard InChI is InChI=1S/C19H17N3O3/c1-13(23)25-12-20-19(24)15-9-6-14(7-10-15)8-11-18-16-4-2-3-5-17(16)21-22-18/h2-11H,12H2,1H3,(H,20,24)(H,21,22)/b11-8+. The lowest BCUT2D eigenvalue weighted by molar-refractivity contribution is -0.141. The zero-order valence-corrected chi connectivity index (χ0v) is 13.7. The van der Waals surface area contributed by atoms with Gasteiger partial charge in [0.25, 0.3) is 5.91 Å². The maximum Gasteiger partial charge on any atom is 0.304 e. The number of aromatic nitrogens is 2. The van der Waals surface area contributed by atoms with E-state index in [1.54, 1.807) is 12.1 Å². The van der Waals surface area contributed by atoms with Crippen molar-refractivity contribution in [2.45, 2.75) is 6.92 Å². The molecule has 25 heavy (non-hydrogen) atoms. The number of benzene rings is 2. The molecule has 2 aromatic carbocycles. The predicted octanol–water partition coefficient (Wildman–Crippen LogP) is 2.98. The van der Waals surface area contributed by atoms with Crippen molar-refractivity contribution in [1.29, 1.82) is 0 Å². The number of fused-ring (bicyclic) bond motifs is 1. The molecule has 0 radical (unpaired) electrons. The molecular weight excluding hydrogens is 318 g/mol. The molecule has 0 bridgehead atoms. The molecule has 6 nitrogen and oxygen atoms in total. The van der Waals surface area contributed by atoms with Crippen molar-refractivity contribution in [3.8, 4) is 0 Å². The van der Waals surface area contributed by atoms with Gasteiger partial charge >= 0.3 is 5.97 Å². The second kappa shape index (κ2) is 7.44. The minimum Gasteiger partial charge on any atom is -0.445 e. The Morgan fingerprint density at radius 3 is 2.64 bits per heavy atom. The monoisotopic (exact) mass is 335 g/mol. The highest BCUT2D eigenvalue weighted by Gasteiger charge is 2.05. The molecular formula is C19H17N3O3. The first-order valence-corrected chi connectivity index (χ1v) is 7.76. The Hall–Kier alpha value is -3.41. The third-order valence-corrected chi connectivity index (χ3v) is 3.61. The number of H-pyrrole nitrogens is 1. The number of ether oxygens (including phenoxy) is 1. The third-order valence-electron chi connectivity index (χ3n) is 3.61. The average Bonchev–Trinajstić information content (AvgIpc) is 3.03. The number of esters is 1. The van der Waals surface area contributed by atoms with E-state index in [2.05, 4.69) is 20.3 Å². The van der Waals surface area contributed by atoms with Crippen molar-refractivity contribution in [1.82, 2.24) is 15.5 Å². The molecule has 0 atom stereocenters. The van der Waals surface area contributed by atoms with Gasteiger partial charge in [0, 0.05) is 17.9 Å². The van der Waals surface area contributed by atoms with Crippen molar-refractivity contribution < 1.29 is 14.3 Å². The van der Waals surface area contributed by atoms with E-state index in [1.165, 1.54) is 6.92 Å². The first kappa shape index (κ1) is 16.4. The summed E-state index contributed by atoms with van der Waals surface area (Å²) in [5, 5.41) is 10.8. The van der Waals surface area contributed by atoms with Crippen LogP contribution in [0.15, 0.2) is 48.5 Å². The summed E-state index contributed by atoms with van der Waals surface area (Å²) in [6.07, 6.45) is 3.86. The summed E-state index contributed by atoms with van der Waals surface area (Å²) in [6.45, 7) is 1.15. The smallest absolute Gasteiger partial charge is 0.304 e. The molecule has 3 rings (SSSR count). The molecule has 0 aliphatic rings. The lowest BCUT2D eigenvalue weighted by Crippen LogP contribution is -2.27. The van der Waals surface area contributed by atoms with E-state index in [0.717, 1.165) is 22.2 Å². The number of para-hydroxylation sites is 1. The third kappa shape index (κ3) is 4.11. The molecule has 1 amide bonds. The Kier molecular flexibility index (Phi) is 4.89. The number of nitrogens with one attached hydrogen (secondary N) is 2. The van der Waals surface area contributed by atoms with Crippen LogP contribution in [-0.2, 0) is 9.53 Å². The van der Waals surface area contributed by atoms with Gasteiger partial charge in [-0.05, 0) is 29.8 Å². The molecule has 2 N–H and O–H groups in total. The maximum absolute atomic E-state index is 11.9. The predicted molar refractivity (Wildman–Crippen MR) is 95.6 cm³/mol. The molecule has 0 spiro atoms. The van der Waals surface area contributed by atoms with Gasteiger partial charge in [-0.15, -0.1) is 0 Å². The van der Waals surface area contributed by atoms with Crippen LogP contribution in [0.3, 0.4) is 0 Å². The van der Waals surface area contributed by atoms with Crippen molar-refractivity contribution in [2.24, 2.45) is 0 Å². The summed E-state index contributed by atoms with van der Waals surface area (Å²) in [4.78, 5) is 22.6. The van der Waals surface area contributed by atoms with Gasteiger partial charge in [-0.1, -0.05) is 36.4 Å². The van der Waals surface area contributed by atoms with Crippen LogP contribution >= 0.6 is 0 Å². The van der Waals surface area contributed by atoms with E-state index < -0.39 is 5.97 Å². The van der Waals surface area contributed by atoms with Gasteiger partial charge in [0.2, 0.25) is 0 Å². The summed E-state index contributed by atoms with van der Waals surface area (Å²) in [5.41, 5.74) is 3.29. The Morgan fingerprint density at radius 2 is 1.88 bits per heavy atom. The van der Waals surface area contributed by atoms with Gasteiger partial charge in [0.05, 0.1) is 11.2 Å². The second-order valence-corrected chi connectivity index (χ2v) is 5.40. The molecule has 1 heterocycles. The van der Waals surface area contributed by atoms with Gasteiger partial charge in [-0.2, -0.15) is 5.10 Å². The summed E-state index contributed by atoms with van der Waals surface area (Å²) < 4.78 is 4.68. The van der Waals surface area contributed by atoms with Crippen LogP contribution in [0.2, 0.25) is 0 Å². The fourth-order valence-corrected chi connectivity index (χ4v) is 2.34. The van der Waals surface area contributed by atoms with Crippen LogP contribution in [0.4, 0.5) is 0 Å². The van der Waals surface area contributed by atoms with E-state index in [4.69, 9.17) is 0 Å². The van der Waals surface area contributed by atoms with Crippen LogP contribution in [0.25, 0.3) is 23.1 Å². The highest BCUT2D eigenvalue weighted by Crippen LogP contribution is 2.17. The topological polar surface area (TPSA) is 84.1 Å². The summed E-state index contributed by atoms with van der Waals surface area (Å²) in [6, 6.07) is 15.0. The summed E-state index contributed by atoms with van der Waals surface area (Å²) in [7, 11) is 0. The van der Waals surface area contributed by atoms with Crippen LogP contribution in [-0.4, -0.2) is 28.8 Å². The number of aromatic amines is 1. The summed E-state index contributed by atoms with van der Waals surface area (Å²) >= 11 is 0. The van der Waals surface area contributed by atoms with Crippen molar-refractivity contribution in [2.75, 3.05) is 6.73 Å². The van der Waals surface area contributed by atoms with Crippen molar-refractivity contribution in [3.63, 3.8) is 0 Å².